The third kappa shape index (κ3) is 3.98. The summed E-state index contributed by atoms with van der Waals surface area (Å²) in [5.41, 5.74) is 2.24. The van der Waals surface area contributed by atoms with Crippen LogP contribution in [0.1, 0.15) is 36.7 Å². The van der Waals surface area contributed by atoms with Gasteiger partial charge >= 0.3 is 0 Å². The molecule has 1 aliphatic heterocycles. The summed E-state index contributed by atoms with van der Waals surface area (Å²) in [6.45, 7) is 8.28. The van der Waals surface area contributed by atoms with Crippen LogP contribution in [0.3, 0.4) is 0 Å². The molecule has 0 radical (unpaired) electrons. The first-order chi connectivity index (χ1) is 12.1. The molecule has 0 saturated carbocycles. The third-order valence-electron chi connectivity index (χ3n) is 4.82. The molecule has 1 amide bonds. The monoisotopic (exact) mass is 338 g/mol. The normalized spacial score (nSPS) is 18.4. The number of nitrogens with zero attached hydrogens (tertiary/aromatic N) is 4. The second-order valence-electron chi connectivity index (χ2n) is 6.69. The van der Waals surface area contributed by atoms with Crippen molar-refractivity contribution in [2.45, 2.75) is 46.2 Å². The average molecular weight is 338 g/mol. The zero-order valence-corrected chi connectivity index (χ0v) is 15.3. The number of aryl methyl sites for hydroxylation is 2. The molecule has 1 aromatic carbocycles. The van der Waals surface area contributed by atoms with Crippen LogP contribution in [0.15, 0.2) is 36.5 Å². The molecule has 0 bridgehead atoms. The molecule has 0 unspecified atom stereocenters. The van der Waals surface area contributed by atoms with Crippen molar-refractivity contribution in [3.05, 3.63) is 53.5 Å². The summed E-state index contributed by atoms with van der Waals surface area (Å²) in [6.07, 6.45) is 3.32. The molecule has 0 N–H and O–H groups in total. The second kappa shape index (κ2) is 7.64. The van der Waals surface area contributed by atoms with E-state index in [0.717, 1.165) is 30.2 Å². The van der Waals surface area contributed by atoms with Crippen molar-refractivity contribution in [3.8, 4) is 0 Å². The van der Waals surface area contributed by atoms with Crippen LogP contribution in [-0.4, -0.2) is 39.9 Å². The first kappa shape index (κ1) is 17.4. The van der Waals surface area contributed by atoms with Gasteiger partial charge in [-0.05, 0) is 25.8 Å². The zero-order chi connectivity index (χ0) is 17.8. The van der Waals surface area contributed by atoms with E-state index in [1.165, 1.54) is 5.56 Å². The van der Waals surface area contributed by atoms with Crippen molar-refractivity contribution < 1.29 is 4.79 Å². The molecule has 132 valence electrons. The van der Waals surface area contributed by atoms with Gasteiger partial charge < -0.3 is 9.80 Å². The van der Waals surface area contributed by atoms with Crippen molar-refractivity contribution in [2.75, 3.05) is 18.0 Å². The number of rotatable bonds is 4. The Bertz CT molecular complexity index is 732. The Morgan fingerprint density at radius 3 is 2.68 bits per heavy atom. The van der Waals surface area contributed by atoms with Gasteiger partial charge in [0.1, 0.15) is 11.6 Å². The van der Waals surface area contributed by atoms with Gasteiger partial charge in [-0.2, -0.15) is 0 Å². The molecular formula is C20H26N4O. The highest BCUT2D eigenvalue weighted by atomic mass is 16.2. The Morgan fingerprint density at radius 1 is 1.20 bits per heavy atom. The van der Waals surface area contributed by atoms with E-state index in [-0.39, 0.29) is 11.9 Å². The van der Waals surface area contributed by atoms with Gasteiger partial charge in [-0.1, -0.05) is 37.3 Å². The van der Waals surface area contributed by atoms with Crippen LogP contribution in [-0.2, 0) is 11.3 Å². The zero-order valence-electron chi connectivity index (χ0n) is 15.3. The highest BCUT2D eigenvalue weighted by molar-refractivity contribution is 5.78. The number of carbonyl (C=O) groups is 1. The molecule has 1 aliphatic rings. The molecule has 1 aromatic heterocycles. The summed E-state index contributed by atoms with van der Waals surface area (Å²) in [5, 5.41) is 0. The molecule has 1 atom stereocenters. The molecular weight excluding hydrogens is 312 g/mol. The number of hydrogen-bond donors (Lipinski definition) is 0. The minimum atomic E-state index is 0.185. The first-order valence-corrected chi connectivity index (χ1v) is 8.97. The van der Waals surface area contributed by atoms with E-state index in [1.54, 1.807) is 0 Å². The largest absolute Gasteiger partial charge is 0.354 e. The SMILES string of the molecule is CC[C@@H]1CN(c2nc(C)ncc2C)CCC(=O)N1Cc1ccccc1. The van der Waals surface area contributed by atoms with Gasteiger partial charge in [0.05, 0.1) is 0 Å². The van der Waals surface area contributed by atoms with E-state index in [1.807, 2.05) is 43.1 Å². The topological polar surface area (TPSA) is 49.3 Å². The van der Waals surface area contributed by atoms with E-state index in [4.69, 9.17) is 0 Å². The lowest BCUT2D eigenvalue weighted by molar-refractivity contribution is -0.133. The van der Waals surface area contributed by atoms with Crippen LogP contribution in [0.2, 0.25) is 0 Å². The first-order valence-electron chi connectivity index (χ1n) is 8.97. The van der Waals surface area contributed by atoms with Crippen LogP contribution in [0.5, 0.6) is 0 Å². The van der Waals surface area contributed by atoms with Gasteiger partial charge in [0, 0.05) is 43.9 Å². The summed E-state index contributed by atoms with van der Waals surface area (Å²) in [5.74, 6) is 1.95. The Kier molecular flexibility index (Phi) is 5.31. The highest BCUT2D eigenvalue weighted by Gasteiger charge is 2.29. The lowest BCUT2D eigenvalue weighted by atomic mass is 10.1. The van der Waals surface area contributed by atoms with Crippen molar-refractivity contribution >= 4 is 11.7 Å². The van der Waals surface area contributed by atoms with Crippen LogP contribution < -0.4 is 4.90 Å². The van der Waals surface area contributed by atoms with Gasteiger partial charge in [0.15, 0.2) is 0 Å². The molecule has 3 rings (SSSR count). The summed E-state index contributed by atoms with van der Waals surface area (Å²) in [6, 6.07) is 10.4. The Hall–Kier alpha value is -2.43. The van der Waals surface area contributed by atoms with Gasteiger partial charge in [-0.3, -0.25) is 4.79 Å². The maximum atomic E-state index is 12.8. The van der Waals surface area contributed by atoms with Gasteiger partial charge in [-0.15, -0.1) is 0 Å². The molecule has 5 nitrogen and oxygen atoms in total. The fourth-order valence-corrected chi connectivity index (χ4v) is 3.40. The van der Waals surface area contributed by atoms with E-state index in [9.17, 15) is 4.79 Å². The Balaban J connectivity index is 1.84. The predicted molar refractivity (Wildman–Crippen MR) is 99.4 cm³/mol. The van der Waals surface area contributed by atoms with Gasteiger partial charge in [0.2, 0.25) is 5.91 Å². The number of anilines is 1. The number of hydrogen-bond acceptors (Lipinski definition) is 4. The third-order valence-corrected chi connectivity index (χ3v) is 4.82. The molecule has 1 fully saturated rings. The summed E-state index contributed by atoms with van der Waals surface area (Å²) >= 11 is 0. The number of aromatic nitrogens is 2. The molecule has 0 spiro atoms. The van der Waals surface area contributed by atoms with E-state index in [2.05, 4.69) is 33.9 Å². The molecule has 0 aliphatic carbocycles. The van der Waals surface area contributed by atoms with Crippen LogP contribution in [0.25, 0.3) is 0 Å². The lowest BCUT2D eigenvalue weighted by Crippen LogP contribution is -2.42. The van der Waals surface area contributed by atoms with Crippen LogP contribution in [0.4, 0.5) is 5.82 Å². The van der Waals surface area contributed by atoms with Crippen LogP contribution in [0, 0.1) is 13.8 Å². The summed E-state index contributed by atoms with van der Waals surface area (Å²) < 4.78 is 0. The van der Waals surface area contributed by atoms with Crippen molar-refractivity contribution in [2.24, 2.45) is 0 Å². The van der Waals surface area contributed by atoms with Gasteiger partial charge in [-0.25, -0.2) is 9.97 Å². The quantitative estimate of drug-likeness (QED) is 0.859. The van der Waals surface area contributed by atoms with E-state index >= 15 is 0 Å². The molecule has 2 aromatic rings. The van der Waals surface area contributed by atoms with Crippen molar-refractivity contribution in [3.63, 3.8) is 0 Å². The molecule has 2 heterocycles. The van der Waals surface area contributed by atoms with Crippen LogP contribution >= 0.6 is 0 Å². The predicted octanol–water partition coefficient (Wildman–Crippen LogP) is 3.11. The number of carbonyl (C=O) groups excluding carboxylic acids is 1. The standard InChI is InChI=1S/C20H26N4O/c1-4-18-14-23(20-15(2)12-21-16(3)22-20)11-10-19(25)24(18)13-17-8-6-5-7-9-17/h5-9,12,18H,4,10-11,13-14H2,1-3H3/t18-/m1/s1. The van der Waals surface area contributed by atoms with Gasteiger partial charge in [0.25, 0.3) is 0 Å². The Morgan fingerprint density at radius 2 is 1.96 bits per heavy atom. The summed E-state index contributed by atoms with van der Waals surface area (Å²) in [4.78, 5) is 26.0. The minimum absolute atomic E-state index is 0.185. The molecule has 5 heteroatoms. The smallest absolute Gasteiger partial charge is 0.224 e. The Labute approximate surface area is 149 Å². The number of amides is 1. The number of benzene rings is 1. The van der Waals surface area contributed by atoms with Crippen molar-refractivity contribution in [1.29, 1.82) is 0 Å². The fourth-order valence-electron chi connectivity index (χ4n) is 3.40. The maximum absolute atomic E-state index is 12.8. The maximum Gasteiger partial charge on any atom is 0.224 e. The fraction of sp³-hybridized carbons (Fsp3) is 0.450. The van der Waals surface area contributed by atoms with E-state index in [0.29, 0.717) is 19.5 Å². The second-order valence-corrected chi connectivity index (χ2v) is 6.69. The highest BCUT2D eigenvalue weighted by Crippen LogP contribution is 2.23. The average Bonchev–Trinajstić information content (AvgIpc) is 2.78. The van der Waals surface area contributed by atoms with Crippen molar-refractivity contribution in [1.82, 2.24) is 14.9 Å². The molecule has 25 heavy (non-hydrogen) atoms. The summed E-state index contributed by atoms with van der Waals surface area (Å²) in [7, 11) is 0. The minimum Gasteiger partial charge on any atom is -0.354 e. The van der Waals surface area contributed by atoms with E-state index < -0.39 is 0 Å². The lowest BCUT2D eigenvalue weighted by Gasteiger charge is -2.32. The molecule has 1 saturated heterocycles.